The third-order valence-electron chi connectivity index (χ3n) is 4.47. The summed E-state index contributed by atoms with van der Waals surface area (Å²) in [5, 5.41) is 11.4. The summed E-state index contributed by atoms with van der Waals surface area (Å²) >= 11 is 2.93. The zero-order chi connectivity index (χ0) is 20.4. The molecule has 0 radical (unpaired) electrons. The fraction of sp³-hybridized carbons (Fsp3) is 0.0909. The molecule has 4 rings (SSSR count). The monoisotopic (exact) mass is 517 g/mol. The number of phenols is 1. The Morgan fingerprint density at radius 1 is 1.07 bits per heavy atom. The fourth-order valence-electron chi connectivity index (χ4n) is 3.03. The number of carbonyl (C=O) groups is 2. The molecular formula is C22H16INO4S. The number of halogens is 1. The van der Waals surface area contributed by atoms with Gasteiger partial charge in [0.15, 0.2) is 0 Å². The minimum Gasteiger partial charge on any atom is -0.507 e. The van der Waals surface area contributed by atoms with Crippen molar-refractivity contribution in [3.8, 4) is 11.5 Å². The van der Waals surface area contributed by atoms with Crippen LogP contribution in [0.4, 0.5) is 4.79 Å². The number of thioether (sulfide) groups is 1. The molecule has 146 valence electrons. The molecule has 2 amide bonds. The number of ether oxygens (including phenoxy) is 1. The third-order valence-corrected chi connectivity index (χ3v) is 6.24. The molecule has 0 saturated carbocycles. The minimum absolute atomic E-state index is 0.179. The molecule has 0 unspecified atom stereocenters. The first-order chi connectivity index (χ1) is 14.0. The lowest BCUT2D eigenvalue weighted by molar-refractivity contribution is -0.123. The number of hydrogen-bond donors (Lipinski definition) is 1. The van der Waals surface area contributed by atoms with Crippen LogP contribution in [0.3, 0.4) is 0 Å². The predicted octanol–water partition coefficient (Wildman–Crippen LogP) is 5.27. The highest BCUT2D eigenvalue weighted by molar-refractivity contribution is 14.1. The maximum absolute atomic E-state index is 12.6. The van der Waals surface area contributed by atoms with Crippen LogP contribution in [0.2, 0.25) is 0 Å². The van der Waals surface area contributed by atoms with E-state index in [-0.39, 0.29) is 30.0 Å². The summed E-state index contributed by atoms with van der Waals surface area (Å²) in [5.41, 5.74) is 0.754. The maximum Gasteiger partial charge on any atom is 0.293 e. The molecule has 0 bridgehead atoms. The number of nitrogens with zero attached hydrogens (tertiary/aromatic N) is 1. The van der Waals surface area contributed by atoms with Crippen molar-refractivity contribution in [2.24, 2.45) is 0 Å². The van der Waals surface area contributed by atoms with Gasteiger partial charge in [0.25, 0.3) is 11.1 Å². The van der Waals surface area contributed by atoms with Crippen LogP contribution in [0.1, 0.15) is 5.56 Å². The Bertz CT molecular complexity index is 1140. The SMILES string of the molecule is O=C1S/C(=C\c2ccc(O)c(I)c2)C(=O)N1CCOc1cccc2ccccc12. The normalized spacial score (nSPS) is 15.5. The zero-order valence-corrected chi connectivity index (χ0v) is 18.1. The van der Waals surface area contributed by atoms with Crippen molar-refractivity contribution in [3.05, 3.63) is 74.7 Å². The van der Waals surface area contributed by atoms with Crippen LogP contribution >= 0.6 is 34.4 Å². The number of hydrogen-bond acceptors (Lipinski definition) is 5. The molecule has 1 heterocycles. The van der Waals surface area contributed by atoms with Gasteiger partial charge in [0.1, 0.15) is 18.1 Å². The van der Waals surface area contributed by atoms with E-state index in [1.54, 1.807) is 24.3 Å². The van der Waals surface area contributed by atoms with Gasteiger partial charge in [0.05, 0.1) is 15.0 Å². The minimum atomic E-state index is -0.329. The van der Waals surface area contributed by atoms with E-state index in [0.717, 1.165) is 33.8 Å². The fourth-order valence-corrected chi connectivity index (χ4v) is 4.43. The van der Waals surface area contributed by atoms with Crippen molar-refractivity contribution in [2.75, 3.05) is 13.2 Å². The largest absolute Gasteiger partial charge is 0.507 e. The van der Waals surface area contributed by atoms with Gasteiger partial charge in [-0.15, -0.1) is 0 Å². The van der Waals surface area contributed by atoms with Crippen molar-refractivity contribution >= 4 is 62.3 Å². The first-order valence-electron chi connectivity index (χ1n) is 8.87. The Kier molecular flexibility index (Phi) is 5.77. The Hall–Kier alpha value is -2.52. The number of fused-ring (bicyclic) bond motifs is 1. The molecule has 29 heavy (non-hydrogen) atoms. The van der Waals surface area contributed by atoms with Gasteiger partial charge < -0.3 is 9.84 Å². The van der Waals surface area contributed by atoms with Crippen LogP contribution in [0, 0.1) is 3.57 Å². The lowest BCUT2D eigenvalue weighted by atomic mass is 10.1. The summed E-state index contributed by atoms with van der Waals surface area (Å²) < 4.78 is 6.54. The van der Waals surface area contributed by atoms with E-state index in [9.17, 15) is 14.7 Å². The molecule has 5 nitrogen and oxygen atoms in total. The molecule has 0 spiro atoms. The highest BCUT2D eigenvalue weighted by Gasteiger charge is 2.34. The molecule has 0 atom stereocenters. The van der Waals surface area contributed by atoms with E-state index in [1.165, 1.54) is 4.90 Å². The van der Waals surface area contributed by atoms with Crippen molar-refractivity contribution in [2.45, 2.75) is 0 Å². The predicted molar refractivity (Wildman–Crippen MR) is 123 cm³/mol. The van der Waals surface area contributed by atoms with E-state index >= 15 is 0 Å². The molecule has 1 fully saturated rings. The Balaban J connectivity index is 1.44. The van der Waals surface area contributed by atoms with Crippen LogP contribution in [0.15, 0.2) is 65.6 Å². The first kappa shape index (κ1) is 19.8. The molecule has 1 aliphatic heterocycles. The lowest BCUT2D eigenvalue weighted by Crippen LogP contribution is -2.32. The van der Waals surface area contributed by atoms with Gasteiger partial charge in [-0.05, 0) is 69.6 Å². The molecular weight excluding hydrogens is 501 g/mol. The standard InChI is InChI=1S/C22H16INO4S/c23-17-12-14(8-9-18(17)25)13-20-21(26)24(22(27)29-20)10-11-28-19-7-3-5-15-4-1-2-6-16(15)19/h1-9,12-13,25H,10-11H2/b20-13-. The second-order valence-electron chi connectivity index (χ2n) is 6.37. The van der Waals surface area contributed by atoms with Crippen LogP contribution in [0.25, 0.3) is 16.8 Å². The van der Waals surface area contributed by atoms with Crippen molar-refractivity contribution in [3.63, 3.8) is 0 Å². The van der Waals surface area contributed by atoms with Gasteiger partial charge in [0.2, 0.25) is 0 Å². The summed E-state index contributed by atoms with van der Waals surface area (Å²) in [4.78, 5) is 26.5. The number of aromatic hydroxyl groups is 1. The van der Waals surface area contributed by atoms with Crippen LogP contribution < -0.4 is 4.74 Å². The van der Waals surface area contributed by atoms with Gasteiger partial charge in [0, 0.05) is 5.39 Å². The van der Waals surface area contributed by atoms with E-state index in [1.807, 2.05) is 65.1 Å². The number of rotatable bonds is 5. The highest BCUT2D eigenvalue weighted by Crippen LogP contribution is 2.33. The van der Waals surface area contributed by atoms with Gasteiger partial charge in [-0.2, -0.15) is 0 Å². The van der Waals surface area contributed by atoms with Gasteiger partial charge in [-0.25, -0.2) is 0 Å². The topological polar surface area (TPSA) is 66.8 Å². The average molecular weight is 517 g/mol. The summed E-state index contributed by atoms with van der Waals surface area (Å²) in [5.74, 6) is 0.579. The second kappa shape index (κ2) is 8.46. The molecule has 1 saturated heterocycles. The number of phenolic OH excluding ortho intramolecular Hbond substituents is 1. The summed E-state index contributed by atoms with van der Waals surface area (Å²) in [6.07, 6.45) is 1.66. The van der Waals surface area contributed by atoms with Crippen molar-refractivity contribution < 1.29 is 19.4 Å². The summed E-state index contributed by atoms with van der Waals surface area (Å²) in [7, 11) is 0. The molecule has 0 aromatic heterocycles. The Labute approximate surface area is 185 Å². The molecule has 3 aromatic rings. The number of imide groups is 1. The van der Waals surface area contributed by atoms with Crippen LogP contribution in [0.5, 0.6) is 11.5 Å². The zero-order valence-electron chi connectivity index (χ0n) is 15.2. The van der Waals surface area contributed by atoms with E-state index in [0.29, 0.717) is 8.48 Å². The molecule has 0 aliphatic carbocycles. The van der Waals surface area contributed by atoms with Gasteiger partial charge in [-0.1, -0.05) is 42.5 Å². The van der Waals surface area contributed by atoms with Gasteiger partial charge >= 0.3 is 0 Å². The first-order valence-corrected chi connectivity index (χ1v) is 10.8. The second-order valence-corrected chi connectivity index (χ2v) is 8.53. The lowest BCUT2D eigenvalue weighted by Gasteiger charge is -2.14. The number of benzene rings is 3. The van der Waals surface area contributed by atoms with E-state index < -0.39 is 0 Å². The van der Waals surface area contributed by atoms with Gasteiger partial charge in [-0.3, -0.25) is 14.5 Å². The molecule has 3 aromatic carbocycles. The van der Waals surface area contributed by atoms with Crippen molar-refractivity contribution in [1.82, 2.24) is 4.90 Å². The Morgan fingerprint density at radius 2 is 1.86 bits per heavy atom. The van der Waals surface area contributed by atoms with E-state index in [2.05, 4.69) is 0 Å². The molecule has 1 N–H and O–H groups in total. The van der Waals surface area contributed by atoms with Crippen molar-refractivity contribution in [1.29, 1.82) is 0 Å². The highest BCUT2D eigenvalue weighted by atomic mass is 127. The summed E-state index contributed by atoms with van der Waals surface area (Å²) in [6, 6.07) is 18.7. The molecule has 1 aliphatic rings. The summed E-state index contributed by atoms with van der Waals surface area (Å²) in [6.45, 7) is 0.398. The smallest absolute Gasteiger partial charge is 0.293 e. The third kappa shape index (κ3) is 4.25. The molecule has 7 heteroatoms. The quantitative estimate of drug-likeness (QED) is 0.369. The number of amides is 2. The van der Waals surface area contributed by atoms with Crippen LogP contribution in [-0.2, 0) is 4.79 Å². The van der Waals surface area contributed by atoms with E-state index in [4.69, 9.17) is 4.74 Å². The number of carbonyl (C=O) groups excluding carboxylic acids is 2. The average Bonchev–Trinajstić information content (AvgIpc) is 2.98. The Morgan fingerprint density at radius 3 is 2.69 bits per heavy atom. The maximum atomic E-state index is 12.6. The van der Waals surface area contributed by atoms with Crippen LogP contribution in [-0.4, -0.2) is 34.3 Å².